The summed E-state index contributed by atoms with van der Waals surface area (Å²) in [4.78, 5) is 26.2. The Hall–Kier alpha value is -5.36. The van der Waals surface area contributed by atoms with Crippen LogP contribution in [0.25, 0.3) is 50.9 Å². The molecule has 1 aromatic heterocycles. The van der Waals surface area contributed by atoms with Crippen molar-refractivity contribution in [3.8, 4) is 56.8 Å². The second kappa shape index (κ2) is 16.3. The molecule has 0 fully saturated rings. The second-order valence-electron chi connectivity index (χ2n) is 11.4. The Bertz CT molecular complexity index is 1830. The number of phenolic OH excluding ortho intramolecular Hbond substituents is 1. The molecule has 0 saturated heterocycles. The molecular weight excluding hydrogens is 582 g/mol. The number of ether oxygens (including phenoxy) is 1. The van der Waals surface area contributed by atoms with Crippen LogP contribution in [0.3, 0.4) is 0 Å². The molecule has 238 valence electrons. The number of nitrogens with zero attached hydrogens (tertiary/aromatic N) is 3. The maximum atomic E-state index is 11.7. The van der Waals surface area contributed by atoms with Gasteiger partial charge in [-0.1, -0.05) is 123 Å². The number of aldehydes is 1. The Morgan fingerprint density at radius 1 is 0.745 bits per heavy atom. The van der Waals surface area contributed by atoms with Crippen LogP contribution in [0.15, 0.2) is 115 Å². The highest BCUT2D eigenvalue weighted by molar-refractivity contribution is 5.76. The molecule has 1 N–H and O–H groups in total. The predicted molar refractivity (Wildman–Crippen MR) is 191 cm³/mol. The van der Waals surface area contributed by atoms with Gasteiger partial charge in [0.05, 0.1) is 5.56 Å². The third-order valence-corrected chi connectivity index (χ3v) is 8.01. The zero-order valence-electron chi connectivity index (χ0n) is 27.3. The number of rotatable bonds is 14. The molecule has 0 bridgehead atoms. The summed E-state index contributed by atoms with van der Waals surface area (Å²) < 4.78 is 5.92. The van der Waals surface area contributed by atoms with Crippen molar-refractivity contribution in [3.05, 3.63) is 121 Å². The van der Waals surface area contributed by atoms with E-state index in [0.717, 1.165) is 65.4 Å². The fourth-order valence-corrected chi connectivity index (χ4v) is 5.42. The first-order valence-electron chi connectivity index (χ1n) is 16.3. The van der Waals surface area contributed by atoms with Crippen molar-refractivity contribution in [1.82, 2.24) is 15.0 Å². The number of carbonyl (C=O) groups excluding carboxylic acids is 1. The van der Waals surface area contributed by atoms with Crippen molar-refractivity contribution in [2.45, 2.75) is 59.0 Å². The summed E-state index contributed by atoms with van der Waals surface area (Å²) in [6, 6.07) is 31.4. The first-order valence-corrected chi connectivity index (χ1v) is 16.3. The number of allylic oxidation sites excluding steroid dienone is 4. The summed E-state index contributed by atoms with van der Waals surface area (Å²) in [5, 5.41) is 11.2. The molecule has 0 aliphatic carbocycles. The number of carbonyl (C=O) groups is 1. The van der Waals surface area contributed by atoms with Crippen molar-refractivity contribution in [3.63, 3.8) is 0 Å². The largest absolute Gasteiger partial charge is 0.507 e. The first kappa shape index (κ1) is 33.0. The van der Waals surface area contributed by atoms with Crippen LogP contribution >= 0.6 is 0 Å². The molecule has 0 radical (unpaired) electrons. The maximum Gasteiger partial charge on any atom is 0.167 e. The van der Waals surface area contributed by atoms with E-state index in [4.69, 9.17) is 19.7 Å². The van der Waals surface area contributed by atoms with E-state index in [9.17, 15) is 9.90 Å². The molecule has 5 aromatic rings. The molecule has 6 heteroatoms. The van der Waals surface area contributed by atoms with E-state index in [2.05, 4.69) is 55.5 Å². The van der Waals surface area contributed by atoms with Crippen molar-refractivity contribution < 1.29 is 14.6 Å². The van der Waals surface area contributed by atoms with E-state index in [-0.39, 0.29) is 5.75 Å². The molecule has 0 aliphatic heterocycles. The smallest absolute Gasteiger partial charge is 0.167 e. The molecule has 1 atom stereocenters. The quantitative estimate of drug-likeness (QED) is 0.0753. The Balaban J connectivity index is 1.50. The van der Waals surface area contributed by atoms with Gasteiger partial charge in [0, 0.05) is 17.2 Å². The first-order chi connectivity index (χ1) is 23.0. The molecule has 0 amide bonds. The molecule has 5 rings (SSSR count). The van der Waals surface area contributed by atoms with Gasteiger partial charge >= 0.3 is 0 Å². The average Bonchev–Trinajstić information content (AvgIpc) is 3.12. The number of hydrogen-bond donors (Lipinski definition) is 1. The molecular formula is C41H41N3O3. The molecule has 1 heterocycles. The number of unbranched alkanes of at least 4 members (excludes halogenated alkanes) is 3. The van der Waals surface area contributed by atoms with Gasteiger partial charge in [-0.15, -0.1) is 0 Å². The van der Waals surface area contributed by atoms with Gasteiger partial charge in [0.25, 0.3) is 0 Å². The normalized spacial score (nSPS) is 12.3. The standard InChI is InChI=1S/C41H41N3O3/c1-4-7-8-12-16-36(28-45)47-35-25-26-37(38(46)27-35)41-43-39(33-21-17-31(18-22-33)29(6-3)13-5-2)42-40(44-41)34-23-19-32(20-24-34)30-14-10-9-11-15-30/h5-6,9-11,13-15,17-28,36,46H,4,7-8,12,16H2,1-3H3/b13-5-,29-6+. The van der Waals surface area contributed by atoms with Crippen LogP contribution in [0.2, 0.25) is 0 Å². The molecule has 0 saturated carbocycles. The van der Waals surface area contributed by atoms with Gasteiger partial charge < -0.3 is 9.84 Å². The Labute approximate surface area is 277 Å². The number of aromatic nitrogens is 3. The SMILES string of the molecule is C/C=C\C(=C/C)c1ccc(-c2nc(-c3ccc(-c4ccccc4)cc3)nc(-c3ccc(OC(C=O)CCCCCC)cc3O)n2)cc1. The van der Waals surface area contributed by atoms with Gasteiger partial charge in [-0.25, -0.2) is 15.0 Å². The lowest BCUT2D eigenvalue weighted by atomic mass is 10.0. The Morgan fingerprint density at radius 3 is 1.96 bits per heavy atom. The zero-order valence-corrected chi connectivity index (χ0v) is 27.3. The third-order valence-electron chi connectivity index (χ3n) is 8.01. The Kier molecular flexibility index (Phi) is 11.4. The summed E-state index contributed by atoms with van der Waals surface area (Å²) >= 11 is 0. The fourth-order valence-electron chi connectivity index (χ4n) is 5.42. The minimum atomic E-state index is -0.565. The summed E-state index contributed by atoms with van der Waals surface area (Å²) in [5.41, 5.74) is 6.52. The van der Waals surface area contributed by atoms with E-state index in [1.807, 2.05) is 62.4 Å². The highest BCUT2D eigenvalue weighted by atomic mass is 16.5. The highest BCUT2D eigenvalue weighted by Gasteiger charge is 2.17. The second-order valence-corrected chi connectivity index (χ2v) is 11.4. The number of hydrogen-bond acceptors (Lipinski definition) is 6. The maximum absolute atomic E-state index is 11.7. The lowest BCUT2D eigenvalue weighted by molar-refractivity contribution is -0.114. The van der Waals surface area contributed by atoms with Gasteiger partial charge in [-0.2, -0.15) is 0 Å². The molecule has 1 unspecified atom stereocenters. The van der Waals surface area contributed by atoms with Crippen molar-refractivity contribution in [2.75, 3.05) is 0 Å². The molecule has 0 aliphatic rings. The van der Waals surface area contributed by atoms with E-state index < -0.39 is 6.10 Å². The summed E-state index contributed by atoms with van der Waals surface area (Å²) in [6.45, 7) is 6.17. The van der Waals surface area contributed by atoms with Crippen LogP contribution in [0, 0.1) is 0 Å². The van der Waals surface area contributed by atoms with Crippen LogP contribution in [-0.4, -0.2) is 32.4 Å². The topological polar surface area (TPSA) is 85.2 Å². The average molecular weight is 624 g/mol. The summed E-state index contributed by atoms with van der Waals surface area (Å²) in [6.07, 6.45) is 11.3. The van der Waals surface area contributed by atoms with Gasteiger partial charge in [0.2, 0.25) is 0 Å². The number of aromatic hydroxyl groups is 1. The van der Waals surface area contributed by atoms with Gasteiger partial charge in [0.1, 0.15) is 11.5 Å². The molecule has 47 heavy (non-hydrogen) atoms. The molecule has 6 nitrogen and oxygen atoms in total. The van der Waals surface area contributed by atoms with Crippen molar-refractivity contribution >= 4 is 11.9 Å². The van der Waals surface area contributed by atoms with Crippen LogP contribution in [0.4, 0.5) is 0 Å². The van der Waals surface area contributed by atoms with Gasteiger partial charge in [-0.05, 0) is 61.1 Å². The summed E-state index contributed by atoms with van der Waals surface area (Å²) in [5.74, 6) is 1.69. The van der Waals surface area contributed by atoms with Crippen LogP contribution < -0.4 is 4.74 Å². The number of phenols is 1. The predicted octanol–water partition coefficient (Wildman–Crippen LogP) is 10.1. The monoisotopic (exact) mass is 623 g/mol. The zero-order chi connectivity index (χ0) is 33.0. The van der Waals surface area contributed by atoms with Crippen LogP contribution in [0.1, 0.15) is 58.4 Å². The van der Waals surface area contributed by atoms with E-state index in [0.29, 0.717) is 35.2 Å². The van der Waals surface area contributed by atoms with E-state index in [1.165, 1.54) is 6.07 Å². The number of benzene rings is 4. The third kappa shape index (κ3) is 8.47. The molecule has 4 aromatic carbocycles. The lowest BCUT2D eigenvalue weighted by Crippen LogP contribution is -2.17. The van der Waals surface area contributed by atoms with Crippen LogP contribution in [0.5, 0.6) is 11.5 Å². The van der Waals surface area contributed by atoms with Gasteiger partial charge in [-0.3, -0.25) is 4.79 Å². The minimum Gasteiger partial charge on any atom is -0.507 e. The van der Waals surface area contributed by atoms with Crippen molar-refractivity contribution in [2.24, 2.45) is 0 Å². The fraction of sp³-hybridized carbons (Fsp3) is 0.220. The van der Waals surface area contributed by atoms with E-state index >= 15 is 0 Å². The molecule has 0 spiro atoms. The van der Waals surface area contributed by atoms with Crippen LogP contribution in [-0.2, 0) is 4.79 Å². The lowest BCUT2D eigenvalue weighted by Gasteiger charge is -2.15. The van der Waals surface area contributed by atoms with Crippen molar-refractivity contribution in [1.29, 1.82) is 0 Å². The van der Waals surface area contributed by atoms with Gasteiger partial charge in [0.15, 0.2) is 29.9 Å². The highest BCUT2D eigenvalue weighted by Crippen LogP contribution is 2.34. The Morgan fingerprint density at radius 2 is 1.36 bits per heavy atom. The summed E-state index contributed by atoms with van der Waals surface area (Å²) in [7, 11) is 0. The minimum absolute atomic E-state index is 0.0416. The van der Waals surface area contributed by atoms with E-state index in [1.54, 1.807) is 12.1 Å².